The molecule has 6 heteroatoms. The molecule has 0 aromatic heterocycles. The third-order valence-electron chi connectivity index (χ3n) is 2.73. The first-order valence-electron chi connectivity index (χ1n) is 5.53. The van der Waals surface area contributed by atoms with Crippen molar-refractivity contribution in [1.82, 2.24) is 4.90 Å². The van der Waals surface area contributed by atoms with Crippen LogP contribution in [-0.2, 0) is 4.79 Å². The number of benzene rings is 1. The van der Waals surface area contributed by atoms with E-state index in [0.29, 0.717) is 5.75 Å². The van der Waals surface area contributed by atoms with Crippen LogP contribution in [0.4, 0.5) is 0 Å². The molecule has 0 atom stereocenters. The van der Waals surface area contributed by atoms with Crippen LogP contribution in [0, 0.1) is 11.3 Å². The highest BCUT2D eigenvalue weighted by Crippen LogP contribution is 2.28. The molecular weight excluding hydrogens is 376 g/mol. The van der Waals surface area contributed by atoms with Crippen molar-refractivity contribution in [2.75, 3.05) is 13.7 Å². The van der Waals surface area contributed by atoms with Crippen LogP contribution in [0.2, 0.25) is 0 Å². The van der Waals surface area contributed by atoms with Gasteiger partial charge in [0.25, 0.3) is 5.91 Å². The predicted octanol–water partition coefficient (Wildman–Crippen LogP) is 3.35. The summed E-state index contributed by atoms with van der Waals surface area (Å²) in [6, 6.07) is 7.50. The summed E-state index contributed by atoms with van der Waals surface area (Å²) in [7, 11) is 1.59. The molecule has 4 nitrogen and oxygen atoms in total. The zero-order valence-electron chi connectivity index (χ0n) is 10.9. The largest absolute Gasteiger partial charge is 0.483 e. The van der Waals surface area contributed by atoms with Crippen LogP contribution in [0.25, 0.3) is 0 Å². The van der Waals surface area contributed by atoms with E-state index in [2.05, 4.69) is 37.9 Å². The normalized spacial score (nSPS) is 10.7. The van der Waals surface area contributed by atoms with Crippen molar-refractivity contribution in [3.8, 4) is 11.8 Å². The standard InChI is InChI=1S/C13H14Br2N2O2/c1-13(2,8-16)17(3)12(18)7-19-11-5-4-9(14)6-10(11)15/h4-6H,7H2,1-3H3. The molecule has 0 saturated heterocycles. The zero-order valence-corrected chi connectivity index (χ0v) is 14.1. The van der Waals surface area contributed by atoms with Crippen molar-refractivity contribution in [3.05, 3.63) is 27.1 Å². The molecule has 1 rings (SSSR count). The maximum atomic E-state index is 11.9. The van der Waals surface area contributed by atoms with Gasteiger partial charge < -0.3 is 9.64 Å². The summed E-state index contributed by atoms with van der Waals surface area (Å²) in [6.07, 6.45) is 0. The molecule has 0 unspecified atom stereocenters. The Kier molecular flexibility index (Phi) is 5.39. The van der Waals surface area contributed by atoms with Crippen LogP contribution >= 0.6 is 31.9 Å². The minimum Gasteiger partial charge on any atom is -0.483 e. The maximum absolute atomic E-state index is 11.9. The number of carbonyl (C=O) groups excluding carboxylic acids is 1. The maximum Gasteiger partial charge on any atom is 0.261 e. The number of rotatable bonds is 4. The summed E-state index contributed by atoms with van der Waals surface area (Å²) in [5.41, 5.74) is -0.850. The third kappa shape index (κ3) is 4.22. The molecule has 0 N–H and O–H groups in total. The highest BCUT2D eigenvalue weighted by Gasteiger charge is 2.27. The summed E-state index contributed by atoms with van der Waals surface area (Å²) in [5.74, 6) is 0.334. The van der Waals surface area contributed by atoms with Crippen LogP contribution in [0.15, 0.2) is 27.1 Å². The SMILES string of the molecule is CN(C(=O)COc1ccc(Br)cc1Br)C(C)(C)C#N. The minimum atomic E-state index is -0.850. The van der Waals surface area contributed by atoms with Crippen LogP contribution in [-0.4, -0.2) is 30.0 Å². The Balaban J connectivity index is 2.67. The van der Waals surface area contributed by atoms with Crippen molar-refractivity contribution >= 4 is 37.8 Å². The molecule has 0 aliphatic rings. The fraction of sp³-hybridized carbons (Fsp3) is 0.385. The first-order chi connectivity index (χ1) is 8.77. The molecule has 1 amide bonds. The van der Waals surface area contributed by atoms with Gasteiger partial charge in [-0.15, -0.1) is 0 Å². The number of ether oxygens (including phenoxy) is 1. The van der Waals surface area contributed by atoms with E-state index in [9.17, 15) is 4.79 Å². The Morgan fingerprint density at radius 2 is 2.11 bits per heavy atom. The number of nitriles is 1. The Morgan fingerprint density at radius 3 is 2.63 bits per heavy atom. The molecule has 0 radical (unpaired) electrons. The lowest BCUT2D eigenvalue weighted by Gasteiger charge is -2.29. The quantitative estimate of drug-likeness (QED) is 0.793. The predicted molar refractivity (Wildman–Crippen MR) is 79.8 cm³/mol. The lowest BCUT2D eigenvalue weighted by molar-refractivity contribution is -0.135. The summed E-state index contributed by atoms with van der Waals surface area (Å²) < 4.78 is 7.12. The van der Waals surface area contributed by atoms with E-state index in [1.807, 2.05) is 12.1 Å². The zero-order chi connectivity index (χ0) is 14.6. The molecule has 1 aromatic carbocycles. The molecule has 0 spiro atoms. The van der Waals surface area contributed by atoms with Crippen LogP contribution in [0.5, 0.6) is 5.75 Å². The van der Waals surface area contributed by atoms with Gasteiger partial charge in [0.1, 0.15) is 11.3 Å². The van der Waals surface area contributed by atoms with Crippen LogP contribution in [0.1, 0.15) is 13.8 Å². The summed E-state index contributed by atoms with van der Waals surface area (Å²) in [6.45, 7) is 3.25. The van der Waals surface area contributed by atoms with Crippen molar-refractivity contribution in [1.29, 1.82) is 5.26 Å². The Hall–Kier alpha value is -1.06. The lowest BCUT2D eigenvalue weighted by atomic mass is 10.1. The topological polar surface area (TPSA) is 53.3 Å². The number of likely N-dealkylation sites (N-methyl/N-ethyl adjacent to an activating group) is 1. The Labute approximate surface area is 129 Å². The monoisotopic (exact) mass is 388 g/mol. The third-order valence-corrected chi connectivity index (χ3v) is 3.84. The van der Waals surface area contributed by atoms with E-state index in [4.69, 9.17) is 10.00 Å². The number of carbonyl (C=O) groups is 1. The van der Waals surface area contributed by atoms with Gasteiger partial charge in [0, 0.05) is 11.5 Å². The number of hydrogen-bond donors (Lipinski definition) is 0. The van der Waals surface area contributed by atoms with Gasteiger partial charge in [-0.05, 0) is 48.0 Å². The van der Waals surface area contributed by atoms with Crippen molar-refractivity contribution < 1.29 is 9.53 Å². The second-order valence-electron chi connectivity index (χ2n) is 4.49. The van der Waals surface area contributed by atoms with Gasteiger partial charge in [0.2, 0.25) is 0 Å². The summed E-state index contributed by atoms with van der Waals surface area (Å²) >= 11 is 6.69. The number of amides is 1. The number of hydrogen-bond acceptors (Lipinski definition) is 3. The van der Waals surface area contributed by atoms with E-state index in [0.717, 1.165) is 8.95 Å². The van der Waals surface area contributed by atoms with E-state index < -0.39 is 5.54 Å². The summed E-state index contributed by atoms with van der Waals surface area (Å²) in [5, 5.41) is 8.98. The molecule has 0 aliphatic carbocycles. The first kappa shape index (κ1) is 16.0. The summed E-state index contributed by atoms with van der Waals surface area (Å²) in [4.78, 5) is 13.3. The molecule has 0 fully saturated rings. The Morgan fingerprint density at radius 1 is 1.47 bits per heavy atom. The van der Waals surface area contributed by atoms with E-state index in [1.165, 1.54) is 4.90 Å². The molecule has 1 aromatic rings. The van der Waals surface area contributed by atoms with Gasteiger partial charge in [0.05, 0.1) is 10.5 Å². The number of halogens is 2. The van der Waals surface area contributed by atoms with E-state index in [-0.39, 0.29) is 12.5 Å². The highest BCUT2D eigenvalue weighted by molar-refractivity contribution is 9.11. The van der Waals surface area contributed by atoms with Gasteiger partial charge in [0.15, 0.2) is 6.61 Å². The second kappa shape index (κ2) is 6.40. The van der Waals surface area contributed by atoms with Crippen LogP contribution in [0.3, 0.4) is 0 Å². The molecule has 0 bridgehead atoms. The molecule has 0 saturated carbocycles. The fourth-order valence-electron chi connectivity index (χ4n) is 1.22. The van der Waals surface area contributed by atoms with Gasteiger partial charge in [-0.2, -0.15) is 5.26 Å². The van der Waals surface area contributed by atoms with E-state index in [1.54, 1.807) is 27.0 Å². The molecule has 102 valence electrons. The van der Waals surface area contributed by atoms with Gasteiger partial charge in [-0.3, -0.25) is 4.79 Å². The molecule has 0 aliphatic heterocycles. The Bertz CT molecular complexity index is 524. The average molecular weight is 390 g/mol. The van der Waals surface area contributed by atoms with E-state index >= 15 is 0 Å². The minimum absolute atomic E-state index is 0.109. The first-order valence-corrected chi connectivity index (χ1v) is 7.12. The fourth-order valence-corrected chi connectivity index (χ4v) is 2.38. The smallest absolute Gasteiger partial charge is 0.261 e. The van der Waals surface area contributed by atoms with Crippen molar-refractivity contribution in [2.24, 2.45) is 0 Å². The molecular formula is C13H14Br2N2O2. The highest BCUT2D eigenvalue weighted by atomic mass is 79.9. The van der Waals surface area contributed by atoms with Crippen molar-refractivity contribution in [2.45, 2.75) is 19.4 Å². The lowest BCUT2D eigenvalue weighted by Crippen LogP contribution is -2.45. The van der Waals surface area contributed by atoms with Crippen LogP contribution < -0.4 is 4.74 Å². The van der Waals surface area contributed by atoms with Crippen molar-refractivity contribution in [3.63, 3.8) is 0 Å². The number of nitrogens with zero attached hydrogens (tertiary/aromatic N) is 2. The van der Waals surface area contributed by atoms with Gasteiger partial charge in [-0.25, -0.2) is 0 Å². The average Bonchev–Trinajstić information content (AvgIpc) is 2.36. The van der Waals surface area contributed by atoms with Gasteiger partial charge >= 0.3 is 0 Å². The second-order valence-corrected chi connectivity index (χ2v) is 6.26. The van der Waals surface area contributed by atoms with Gasteiger partial charge in [-0.1, -0.05) is 15.9 Å². The molecule has 19 heavy (non-hydrogen) atoms. The molecule has 0 heterocycles.